The molecule has 1 aromatic rings. The molecule has 2 aliphatic rings. The van der Waals surface area contributed by atoms with Crippen LogP contribution in [0, 0.1) is 0 Å². The highest BCUT2D eigenvalue weighted by molar-refractivity contribution is 5.70. The van der Waals surface area contributed by atoms with Crippen molar-refractivity contribution in [3.63, 3.8) is 0 Å². The van der Waals surface area contributed by atoms with Crippen LogP contribution in [-0.4, -0.2) is 49.0 Å². The number of alkyl carbamates (subject to hydrolysis) is 1. The van der Waals surface area contributed by atoms with Crippen molar-refractivity contribution in [1.82, 2.24) is 5.32 Å². The molecule has 3 rings (SSSR count). The lowest BCUT2D eigenvalue weighted by atomic mass is 9.81. The summed E-state index contributed by atoms with van der Waals surface area (Å²) in [7, 11) is 0. The lowest BCUT2D eigenvalue weighted by Crippen LogP contribution is -2.69. The molecule has 8 heteroatoms. The fraction of sp³-hybridized carbons (Fsp3) is 0.579. The highest BCUT2D eigenvalue weighted by Gasteiger charge is 2.66. The van der Waals surface area contributed by atoms with Gasteiger partial charge in [0.2, 0.25) is 0 Å². The maximum absolute atomic E-state index is 12.2. The van der Waals surface area contributed by atoms with Crippen molar-refractivity contribution in [1.29, 1.82) is 0 Å². The summed E-state index contributed by atoms with van der Waals surface area (Å²) in [4.78, 5) is 23.7. The number of fused-ring (bicyclic) bond motifs is 1. The fourth-order valence-electron chi connectivity index (χ4n) is 3.30. The third-order valence-corrected chi connectivity index (χ3v) is 4.39. The zero-order valence-corrected chi connectivity index (χ0v) is 15.7. The second-order valence-corrected chi connectivity index (χ2v) is 6.98. The van der Waals surface area contributed by atoms with E-state index in [0.29, 0.717) is 13.0 Å². The van der Waals surface area contributed by atoms with Crippen LogP contribution < -0.4 is 5.32 Å². The van der Waals surface area contributed by atoms with Gasteiger partial charge in [-0.2, -0.15) is 0 Å². The zero-order chi connectivity index (χ0) is 19.5. The van der Waals surface area contributed by atoms with Crippen LogP contribution in [0.15, 0.2) is 30.3 Å². The van der Waals surface area contributed by atoms with Gasteiger partial charge in [0.05, 0.1) is 12.7 Å². The monoisotopic (exact) mass is 379 g/mol. The van der Waals surface area contributed by atoms with E-state index in [-0.39, 0.29) is 19.3 Å². The Kier molecular flexibility index (Phi) is 5.69. The van der Waals surface area contributed by atoms with Crippen molar-refractivity contribution >= 4 is 12.1 Å². The maximum atomic E-state index is 12.2. The Balaban J connectivity index is 1.55. The van der Waals surface area contributed by atoms with Gasteiger partial charge in [0.25, 0.3) is 0 Å². The highest BCUT2D eigenvalue weighted by Crippen LogP contribution is 2.48. The number of hydrogen-bond donors (Lipinski definition) is 1. The van der Waals surface area contributed by atoms with E-state index >= 15 is 0 Å². The molecular weight excluding hydrogens is 354 g/mol. The van der Waals surface area contributed by atoms with Crippen molar-refractivity contribution in [2.24, 2.45) is 0 Å². The van der Waals surface area contributed by atoms with Gasteiger partial charge >= 0.3 is 12.1 Å². The topological polar surface area (TPSA) is 92.3 Å². The lowest BCUT2D eigenvalue weighted by molar-refractivity contribution is -0.192. The van der Waals surface area contributed by atoms with Gasteiger partial charge < -0.3 is 23.7 Å². The van der Waals surface area contributed by atoms with Gasteiger partial charge in [-0.1, -0.05) is 30.3 Å². The predicted octanol–water partition coefficient (Wildman–Crippen LogP) is 2.11. The van der Waals surface area contributed by atoms with Gasteiger partial charge in [0, 0.05) is 6.42 Å². The van der Waals surface area contributed by atoms with Crippen molar-refractivity contribution in [2.45, 2.75) is 57.5 Å². The number of ether oxygens (including phenoxy) is 5. The zero-order valence-electron chi connectivity index (χ0n) is 15.7. The first-order valence-electron chi connectivity index (χ1n) is 8.98. The molecule has 148 valence electrons. The van der Waals surface area contributed by atoms with E-state index in [1.807, 2.05) is 30.3 Å². The Morgan fingerprint density at radius 2 is 1.96 bits per heavy atom. The third kappa shape index (κ3) is 4.58. The molecule has 0 radical (unpaired) electrons. The van der Waals surface area contributed by atoms with E-state index in [1.54, 1.807) is 20.8 Å². The molecule has 0 bridgehead atoms. The van der Waals surface area contributed by atoms with Crippen LogP contribution in [0.2, 0.25) is 0 Å². The predicted molar refractivity (Wildman–Crippen MR) is 93.5 cm³/mol. The molecule has 0 aromatic heterocycles. The Bertz CT molecular complexity index is 678. The number of esters is 1. The summed E-state index contributed by atoms with van der Waals surface area (Å²) in [6.45, 7) is 5.52. The van der Waals surface area contributed by atoms with Crippen LogP contribution in [0.5, 0.6) is 0 Å². The van der Waals surface area contributed by atoms with Crippen molar-refractivity contribution < 1.29 is 33.3 Å². The minimum atomic E-state index is -1.03. The first kappa shape index (κ1) is 19.6. The van der Waals surface area contributed by atoms with Crippen molar-refractivity contribution in [3.8, 4) is 0 Å². The Labute approximate surface area is 158 Å². The standard InChI is InChI=1S/C19H25NO7/c1-4-23-15(21)12-24-14-10-19(16(14)26-18(2,3)27-19)20-17(22)25-11-13-8-6-5-7-9-13/h5-9,14,16H,4,10-12H2,1-3H3,(H,20,22)/t14-,16+,19-/m0/s1. The second kappa shape index (κ2) is 7.84. The molecule has 0 spiro atoms. The first-order chi connectivity index (χ1) is 12.8. The molecule has 1 heterocycles. The fourth-order valence-corrected chi connectivity index (χ4v) is 3.30. The Morgan fingerprint density at radius 1 is 1.22 bits per heavy atom. The summed E-state index contributed by atoms with van der Waals surface area (Å²) >= 11 is 0. The molecule has 3 atom stereocenters. The Morgan fingerprint density at radius 3 is 2.67 bits per heavy atom. The largest absolute Gasteiger partial charge is 0.464 e. The van der Waals surface area contributed by atoms with E-state index in [4.69, 9.17) is 23.7 Å². The molecule has 1 aromatic carbocycles. The first-order valence-corrected chi connectivity index (χ1v) is 8.98. The quantitative estimate of drug-likeness (QED) is 0.726. The minimum absolute atomic E-state index is 0.153. The average Bonchev–Trinajstić information content (AvgIpc) is 2.82. The summed E-state index contributed by atoms with van der Waals surface area (Å²) in [5.74, 6) is -1.33. The molecule has 1 aliphatic heterocycles. The number of amides is 1. The van der Waals surface area contributed by atoms with Crippen LogP contribution in [0.3, 0.4) is 0 Å². The van der Waals surface area contributed by atoms with Crippen LogP contribution in [0.25, 0.3) is 0 Å². The molecule has 1 amide bonds. The number of carbonyl (C=O) groups excluding carboxylic acids is 2. The molecule has 1 saturated heterocycles. The summed E-state index contributed by atoms with van der Waals surface area (Å²) < 4.78 is 27.4. The molecule has 0 unspecified atom stereocenters. The maximum Gasteiger partial charge on any atom is 0.409 e. The molecule has 8 nitrogen and oxygen atoms in total. The van der Waals surface area contributed by atoms with Crippen molar-refractivity contribution in [3.05, 3.63) is 35.9 Å². The number of rotatable bonds is 7. The molecule has 27 heavy (non-hydrogen) atoms. The number of nitrogens with one attached hydrogen (secondary N) is 1. The Hall–Kier alpha value is -2.16. The van der Waals surface area contributed by atoms with Crippen LogP contribution >= 0.6 is 0 Å². The van der Waals surface area contributed by atoms with E-state index in [0.717, 1.165) is 5.56 Å². The molecule has 1 saturated carbocycles. The van der Waals surface area contributed by atoms with Gasteiger partial charge in [0.15, 0.2) is 11.5 Å². The van der Waals surface area contributed by atoms with Gasteiger partial charge in [-0.3, -0.25) is 5.32 Å². The van der Waals surface area contributed by atoms with Gasteiger partial charge in [-0.15, -0.1) is 0 Å². The smallest absolute Gasteiger partial charge is 0.409 e. The van der Waals surface area contributed by atoms with Gasteiger partial charge in [-0.25, -0.2) is 9.59 Å². The number of carbonyl (C=O) groups is 2. The minimum Gasteiger partial charge on any atom is -0.464 e. The normalized spacial score (nSPS) is 28.0. The molecule has 1 aliphatic carbocycles. The highest BCUT2D eigenvalue weighted by atomic mass is 16.8. The summed E-state index contributed by atoms with van der Waals surface area (Å²) in [6, 6.07) is 9.38. The average molecular weight is 379 g/mol. The number of benzene rings is 1. The third-order valence-electron chi connectivity index (χ3n) is 4.39. The van der Waals surface area contributed by atoms with Gasteiger partial charge in [-0.05, 0) is 26.3 Å². The van der Waals surface area contributed by atoms with Crippen LogP contribution in [0.1, 0.15) is 32.8 Å². The SMILES string of the molecule is CCOC(=O)CO[C@H]1C[C@]2(NC(=O)OCc3ccccc3)OC(C)(C)O[C@H]12. The molecule has 2 fully saturated rings. The van der Waals surface area contributed by atoms with Gasteiger partial charge in [0.1, 0.15) is 19.3 Å². The van der Waals surface area contributed by atoms with E-state index in [1.165, 1.54) is 0 Å². The lowest BCUT2D eigenvalue weighted by Gasteiger charge is -2.46. The van der Waals surface area contributed by atoms with Crippen molar-refractivity contribution in [2.75, 3.05) is 13.2 Å². The second-order valence-electron chi connectivity index (χ2n) is 6.98. The van der Waals surface area contributed by atoms with E-state index in [2.05, 4.69) is 5.32 Å². The van der Waals surface area contributed by atoms with Crippen LogP contribution in [0.4, 0.5) is 4.79 Å². The summed E-state index contributed by atoms with van der Waals surface area (Å²) in [5.41, 5.74) is -0.147. The van der Waals surface area contributed by atoms with Crippen LogP contribution in [-0.2, 0) is 35.1 Å². The summed E-state index contributed by atoms with van der Waals surface area (Å²) in [5, 5.41) is 2.76. The van der Waals surface area contributed by atoms with E-state index in [9.17, 15) is 9.59 Å². The summed E-state index contributed by atoms with van der Waals surface area (Å²) in [6.07, 6.45) is -1.17. The molecular formula is C19H25NO7. The molecule has 1 N–H and O–H groups in total. The number of hydrogen-bond acceptors (Lipinski definition) is 7. The van der Waals surface area contributed by atoms with E-state index < -0.39 is 29.7 Å².